The van der Waals surface area contributed by atoms with Crippen molar-refractivity contribution in [3.8, 4) is 11.1 Å². The maximum atomic E-state index is 14.6. The van der Waals surface area contributed by atoms with Crippen molar-refractivity contribution in [2.24, 2.45) is 0 Å². The topological polar surface area (TPSA) is 161 Å². The highest BCUT2D eigenvalue weighted by Crippen LogP contribution is 2.31. The number of fused-ring (bicyclic) bond motifs is 1. The molecule has 0 aliphatic rings. The van der Waals surface area contributed by atoms with E-state index in [0.717, 1.165) is 67.4 Å². The van der Waals surface area contributed by atoms with Gasteiger partial charge in [-0.3, -0.25) is 9.59 Å². The number of carboxylic acids is 2. The predicted molar refractivity (Wildman–Crippen MR) is 219 cm³/mol. The molecule has 2 atom stereocenters. The fourth-order valence-corrected chi connectivity index (χ4v) is 6.61. The quantitative estimate of drug-likeness (QED) is 0.0760. The molecule has 0 radical (unpaired) electrons. The molecule has 4 aromatic carbocycles. The van der Waals surface area contributed by atoms with E-state index in [2.05, 4.69) is 18.7 Å². The third-order valence-electron chi connectivity index (χ3n) is 10.2. The minimum absolute atomic E-state index is 0.0826. The maximum absolute atomic E-state index is 14.6. The number of aliphatic hydroxyl groups excluding tert-OH is 2. The summed E-state index contributed by atoms with van der Waals surface area (Å²) in [4.78, 5) is 50.6. The molecule has 0 fully saturated rings. The van der Waals surface area contributed by atoms with Crippen LogP contribution in [-0.4, -0.2) is 91.5 Å². The van der Waals surface area contributed by atoms with Crippen molar-refractivity contribution in [1.29, 1.82) is 0 Å². The van der Waals surface area contributed by atoms with Gasteiger partial charge in [0.25, 0.3) is 0 Å². The lowest BCUT2D eigenvalue weighted by Crippen LogP contribution is -2.39. The molecule has 326 valence electrons. The minimum atomic E-state index is -4.41. The minimum Gasteiger partial charge on any atom is -0.479 e. The van der Waals surface area contributed by atoms with Crippen LogP contribution in [0.15, 0.2) is 95.8 Å². The van der Waals surface area contributed by atoms with E-state index in [4.69, 9.17) is 20.4 Å². The summed E-state index contributed by atoms with van der Waals surface area (Å²) in [5, 5.41) is 33.0. The Bertz CT molecular complexity index is 2330. The first kappa shape index (κ1) is 47.7. The second-order valence-corrected chi connectivity index (χ2v) is 14.4. The van der Waals surface area contributed by atoms with E-state index < -0.39 is 47.5 Å². The second-order valence-electron chi connectivity index (χ2n) is 14.4. The molecular formula is C45H48F5N3O8. The second kappa shape index (κ2) is 21.5. The highest BCUT2D eigenvalue weighted by atomic mass is 19.4. The van der Waals surface area contributed by atoms with E-state index in [1.807, 2.05) is 28.8 Å². The molecular weight excluding hydrogens is 805 g/mol. The lowest BCUT2D eigenvalue weighted by Gasteiger charge is -2.22. The number of likely N-dealkylation sites (N-methyl/N-ethyl adjacent to an activating group) is 1. The van der Waals surface area contributed by atoms with E-state index >= 15 is 0 Å². The van der Waals surface area contributed by atoms with Crippen molar-refractivity contribution in [1.82, 2.24) is 14.4 Å². The third-order valence-corrected chi connectivity index (χ3v) is 10.2. The van der Waals surface area contributed by atoms with Crippen LogP contribution in [-0.2, 0) is 52.9 Å². The van der Waals surface area contributed by atoms with Gasteiger partial charge in [0.1, 0.15) is 6.54 Å². The Hall–Kier alpha value is -5.97. The van der Waals surface area contributed by atoms with Crippen LogP contribution in [0, 0.1) is 11.6 Å². The molecule has 0 aliphatic carbocycles. The Morgan fingerprint density at radius 3 is 1.89 bits per heavy atom. The lowest BCUT2D eigenvalue weighted by molar-refractivity contribution is -0.165. The molecule has 0 saturated heterocycles. The van der Waals surface area contributed by atoms with Gasteiger partial charge < -0.3 is 34.8 Å². The van der Waals surface area contributed by atoms with Crippen LogP contribution in [0.4, 0.5) is 22.0 Å². The smallest absolute Gasteiger partial charge is 0.416 e. The van der Waals surface area contributed by atoms with Crippen LogP contribution in [0.2, 0.25) is 0 Å². The fourth-order valence-electron chi connectivity index (χ4n) is 6.61. The van der Waals surface area contributed by atoms with Crippen LogP contribution in [0.3, 0.4) is 0 Å². The van der Waals surface area contributed by atoms with Gasteiger partial charge in [0.15, 0.2) is 29.3 Å². The van der Waals surface area contributed by atoms with Crippen LogP contribution < -0.4 is 5.43 Å². The number of carboxylic acid groups (broad SMARTS) is 2. The number of aromatic nitrogens is 1. The summed E-state index contributed by atoms with van der Waals surface area (Å²) in [7, 11) is 1.68. The number of amides is 1. The zero-order valence-electron chi connectivity index (χ0n) is 33.8. The Kier molecular flexibility index (Phi) is 16.8. The Labute approximate surface area is 348 Å². The highest BCUT2D eigenvalue weighted by molar-refractivity contribution is 5.84. The van der Waals surface area contributed by atoms with Gasteiger partial charge >= 0.3 is 18.1 Å². The Morgan fingerprint density at radius 1 is 0.754 bits per heavy atom. The molecule has 11 nitrogen and oxygen atoms in total. The predicted octanol–water partition coefficient (Wildman–Crippen LogP) is 6.56. The number of pyridine rings is 1. The molecule has 5 aromatic rings. The third kappa shape index (κ3) is 13.0. The molecule has 4 N–H and O–H groups in total. The number of benzene rings is 4. The van der Waals surface area contributed by atoms with Gasteiger partial charge in [-0.15, -0.1) is 0 Å². The normalized spacial score (nSPS) is 12.4. The van der Waals surface area contributed by atoms with Crippen LogP contribution in [0.5, 0.6) is 0 Å². The molecule has 0 bridgehead atoms. The number of rotatable bonds is 17. The largest absolute Gasteiger partial charge is 0.479 e. The number of halogens is 5. The number of nitrogens with zero attached hydrogens (tertiary/aromatic N) is 3. The molecule has 1 heterocycles. The van der Waals surface area contributed by atoms with Crippen molar-refractivity contribution >= 4 is 28.7 Å². The zero-order chi connectivity index (χ0) is 45.0. The molecule has 1 aromatic heterocycles. The molecule has 0 saturated carbocycles. The number of aliphatic hydroxyl groups is 2. The number of hydrogen-bond donors (Lipinski definition) is 4. The highest BCUT2D eigenvalue weighted by Gasteiger charge is 2.30. The summed E-state index contributed by atoms with van der Waals surface area (Å²) in [6.45, 7) is 7.30. The van der Waals surface area contributed by atoms with E-state index in [1.54, 1.807) is 30.1 Å². The molecule has 1 amide bonds. The number of carbonyl (C=O) groups excluding carboxylic acids is 1. The average Bonchev–Trinajstić information content (AvgIpc) is 3.23. The molecule has 0 aliphatic heterocycles. The molecule has 16 heteroatoms. The van der Waals surface area contributed by atoms with Crippen molar-refractivity contribution in [3.05, 3.63) is 141 Å². The summed E-state index contributed by atoms with van der Waals surface area (Å²) in [6, 6.07) is 23.4. The SMILES string of the molecule is CCN(CC)CCCc1ccc2c(=O)cc(CCc3cccc(F)c3F)n(CC(=O)N(C)Cc3ccc(-c4ccc(C(F)(F)F)cc4)cc3)c2c1.O=C(O)C(O)C(O)C(=O)O. The number of aryl methyl sites for hydroxylation is 3. The molecule has 2 unspecified atom stereocenters. The van der Waals surface area contributed by atoms with Gasteiger partial charge in [0.05, 0.1) is 11.1 Å². The first-order valence-electron chi connectivity index (χ1n) is 19.5. The Balaban J connectivity index is 0.000000727. The van der Waals surface area contributed by atoms with Gasteiger partial charge in [-0.1, -0.05) is 68.4 Å². The number of hydrogen-bond acceptors (Lipinski definition) is 7. The maximum Gasteiger partial charge on any atom is 0.416 e. The zero-order valence-corrected chi connectivity index (χ0v) is 33.8. The molecule has 61 heavy (non-hydrogen) atoms. The number of alkyl halides is 3. The first-order chi connectivity index (χ1) is 28.8. The van der Waals surface area contributed by atoms with Gasteiger partial charge in [0.2, 0.25) is 5.91 Å². The number of aliphatic carboxylic acids is 2. The Morgan fingerprint density at radius 2 is 1.33 bits per heavy atom. The van der Waals surface area contributed by atoms with E-state index in [-0.39, 0.29) is 42.8 Å². The van der Waals surface area contributed by atoms with E-state index in [9.17, 15) is 41.1 Å². The summed E-state index contributed by atoms with van der Waals surface area (Å²) >= 11 is 0. The van der Waals surface area contributed by atoms with Crippen molar-refractivity contribution in [3.63, 3.8) is 0 Å². The van der Waals surface area contributed by atoms with Gasteiger partial charge in [-0.25, -0.2) is 18.4 Å². The molecule has 0 spiro atoms. The van der Waals surface area contributed by atoms with Gasteiger partial charge in [0, 0.05) is 30.7 Å². The van der Waals surface area contributed by atoms with Crippen LogP contribution >= 0.6 is 0 Å². The standard InChI is InChI=1S/C41H42F5N3O2.C4H6O6/c1-4-48(5-2)23-7-8-28-13-22-35-37(24-28)49(34(25-38(35)50)21-18-32-9-6-10-36(42)40(32)43)27-39(51)47(3)26-29-11-14-30(15-12-29)31-16-19-33(20-17-31)41(44,45)46;5-1(3(7)8)2(6)4(9)10/h6,9-17,19-20,22,24-25H,4-5,7-8,18,21,23,26-27H2,1-3H3;1-2,5-6H,(H,7,8)(H,9,10). The van der Waals surface area contributed by atoms with Crippen molar-refractivity contribution in [2.75, 3.05) is 26.7 Å². The lowest BCUT2D eigenvalue weighted by atomic mass is 10.0. The monoisotopic (exact) mass is 853 g/mol. The summed E-state index contributed by atoms with van der Waals surface area (Å²) in [5.41, 5.74) is 3.65. The van der Waals surface area contributed by atoms with Gasteiger partial charge in [-0.2, -0.15) is 13.2 Å². The van der Waals surface area contributed by atoms with Crippen molar-refractivity contribution < 1.29 is 56.8 Å². The average molecular weight is 854 g/mol. The summed E-state index contributed by atoms with van der Waals surface area (Å²) in [6.07, 6.45) is -6.89. The van der Waals surface area contributed by atoms with Crippen molar-refractivity contribution in [2.45, 2.75) is 71.0 Å². The molecule has 5 rings (SSSR count). The first-order valence-corrected chi connectivity index (χ1v) is 19.5. The fraction of sp³-hybridized carbons (Fsp3) is 0.333. The van der Waals surface area contributed by atoms with Gasteiger partial charge in [-0.05, 0) is 103 Å². The van der Waals surface area contributed by atoms with E-state index in [0.29, 0.717) is 22.2 Å². The van der Waals surface area contributed by atoms with Crippen LogP contribution in [0.25, 0.3) is 22.0 Å². The number of carbonyl (C=O) groups is 3. The summed E-state index contributed by atoms with van der Waals surface area (Å²) in [5.74, 6) is -5.63. The summed E-state index contributed by atoms with van der Waals surface area (Å²) < 4.78 is 69.3. The van der Waals surface area contributed by atoms with E-state index in [1.165, 1.54) is 30.3 Å². The van der Waals surface area contributed by atoms with Crippen LogP contribution in [0.1, 0.15) is 48.2 Å².